The molecule has 0 bridgehead atoms. The highest BCUT2D eigenvalue weighted by atomic mass is 16.5. The summed E-state index contributed by atoms with van der Waals surface area (Å²) in [6, 6.07) is 94.5. The van der Waals surface area contributed by atoms with E-state index in [9.17, 15) is 0 Å². The molecule has 0 fully saturated rings. The number of rotatable bonds is 8. The van der Waals surface area contributed by atoms with E-state index in [-0.39, 0.29) is 0 Å². The summed E-state index contributed by atoms with van der Waals surface area (Å²) in [4.78, 5) is 0. The summed E-state index contributed by atoms with van der Waals surface area (Å²) < 4.78 is 6.61. The number of ether oxygens (including phenoxy) is 1. The molecule has 0 aliphatic heterocycles. The van der Waals surface area contributed by atoms with Crippen LogP contribution in [0.4, 0.5) is 0 Å². The summed E-state index contributed by atoms with van der Waals surface area (Å²) in [6.07, 6.45) is 4.72. The molecule has 0 N–H and O–H groups in total. The van der Waals surface area contributed by atoms with Crippen LogP contribution < -0.4 is 4.74 Å². The Balaban J connectivity index is 0.728. The number of hydrogen-bond acceptors (Lipinski definition) is 1. The van der Waals surface area contributed by atoms with Crippen LogP contribution >= 0.6 is 0 Å². The van der Waals surface area contributed by atoms with Gasteiger partial charge in [-0.05, 0) is 204 Å². The highest BCUT2D eigenvalue weighted by molar-refractivity contribution is 6.26. The van der Waals surface area contributed by atoms with Gasteiger partial charge in [-0.1, -0.05) is 231 Å². The lowest BCUT2D eigenvalue weighted by atomic mass is 9.81. The Morgan fingerprint density at radius 2 is 0.481 bits per heavy atom. The minimum atomic E-state index is 0.798. The molecule has 1 heteroatoms. The number of benzene rings is 14. The van der Waals surface area contributed by atoms with Crippen molar-refractivity contribution in [1.29, 1.82) is 0 Å². The van der Waals surface area contributed by atoms with E-state index in [1.165, 1.54) is 162 Å². The fourth-order valence-electron chi connectivity index (χ4n) is 13.2. The second-order valence-electron chi connectivity index (χ2n) is 21.2. The monoisotopic (exact) mass is 978 g/mol. The molecule has 77 heavy (non-hydrogen) atoms. The Kier molecular flexibility index (Phi) is 9.97. The first-order valence-corrected chi connectivity index (χ1v) is 27.2. The van der Waals surface area contributed by atoms with E-state index >= 15 is 0 Å². The Morgan fingerprint density at radius 3 is 0.870 bits per heavy atom. The van der Waals surface area contributed by atoms with Crippen LogP contribution in [0.5, 0.6) is 11.5 Å². The lowest BCUT2D eigenvalue weighted by Crippen LogP contribution is -2.07. The molecule has 0 unspecified atom stereocenters. The van der Waals surface area contributed by atoms with Crippen molar-refractivity contribution >= 4 is 64.6 Å². The first-order valence-electron chi connectivity index (χ1n) is 27.2. The van der Waals surface area contributed by atoms with Crippen molar-refractivity contribution in [3.8, 4) is 78.3 Å². The zero-order valence-electron chi connectivity index (χ0n) is 42.5. The van der Waals surface area contributed by atoms with E-state index in [0.29, 0.717) is 0 Å². The van der Waals surface area contributed by atoms with E-state index in [1.807, 2.05) is 0 Å². The number of fused-ring (bicyclic) bond motifs is 8. The third-order valence-electron chi connectivity index (χ3n) is 17.1. The molecular formula is C76H50O. The van der Waals surface area contributed by atoms with Crippen LogP contribution in [-0.4, -0.2) is 0 Å². The van der Waals surface area contributed by atoms with Crippen LogP contribution in [0.25, 0.3) is 131 Å². The van der Waals surface area contributed by atoms with Gasteiger partial charge in [0, 0.05) is 0 Å². The zero-order chi connectivity index (χ0) is 50.6. The molecule has 0 radical (unpaired) electrons. The van der Waals surface area contributed by atoms with Crippen molar-refractivity contribution < 1.29 is 4.74 Å². The average molecular weight is 979 g/mol. The quantitative estimate of drug-likeness (QED) is 0.138. The van der Waals surface area contributed by atoms with Crippen LogP contribution in [0.3, 0.4) is 0 Å². The molecule has 1 nitrogen and oxygen atoms in total. The van der Waals surface area contributed by atoms with Crippen molar-refractivity contribution in [3.05, 3.63) is 277 Å². The molecule has 0 aromatic heterocycles. The highest BCUT2D eigenvalue weighted by Crippen LogP contribution is 2.49. The van der Waals surface area contributed by atoms with E-state index in [0.717, 1.165) is 29.0 Å². The average Bonchev–Trinajstić information content (AvgIpc) is 3.53. The predicted octanol–water partition coefficient (Wildman–Crippen LogP) is 20.6. The minimum absolute atomic E-state index is 0.798. The topological polar surface area (TPSA) is 9.23 Å². The predicted molar refractivity (Wildman–Crippen MR) is 325 cm³/mol. The van der Waals surface area contributed by atoms with Crippen LogP contribution in [0.1, 0.15) is 22.3 Å². The normalized spacial score (nSPS) is 12.7. The lowest BCUT2D eigenvalue weighted by Gasteiger charge is -2.22. The zero-order valence-corrected chi connectivity index (χ0v) is 42.5. The highest BCUT2D eigenvalue weighted by Gasteiger charge is 2.23. The first-order chi connectivity index (χ1) is 38.2. The smallest absolute Gasteiger partial charge is 0.127 e. The molecule has 0 saturated carbocycles. The molecule has 2 aliphatic carbocycles. The lowest BCUT2D eigenvalue weighted by molar-refractivity contribution is 0.483. The second-order valence-corrected chi connectivity index (χ2v) is 21.2. The molecule has 0 saturated heterocycles. The summed E-state index contributed by atoms with van der Waals surface area (Å²) in [5, 5.41) is 15.1. The van der Waals surface area contributed by atoms with E-state index in [4.69, 9.17) is 4.74 Å². The SMILES string of the molecule is c1ccc2c(-c3c4ccccc4c(-c4ccc(Oc5ccc(-c6ccc(-c7c8ccccc8c(-c8ccc9c(c8)CC9)c8ccccc78)c7ccccc67)cc5)cc4)c4ccccc34)ccc(-c3ccc4c(c3)CC4)c2c1. The van der Waals surface area contributed by atoms with Crippen molar-refractivity contribution in [2.24, 2.45) is 0 Å². The molecule has 16 rings (SSSR count). The van der Waals surface area contributed by atoms with E-state index in [2.05, 4.69) is 255 Å². The van der Waals surface area contributed by atoms with Crippen LogP contribution in [0.15, 0.2) is 255 Å². The van der Waals surface area contributed by atoms with Crippen molar-refractivity contribution in [3.63, 3.8) is 0 Å². The molecule has 0 amide bonds. The third kappa shape index (κ3) is 7.01. The van der Waals surface area contributed by atoms with Crippen LogP contribution in [0.2, 0.25) is 0 Å². The maximum Gasteiger partial charge on any atom is 0.127 e. The maximum atomic E-state index is 6.61. The third-order valence-corrected chi connectivity index (χ3v) is 17.1. The van der Waals surface area contributed by atoms with Crippen molar-refractivity contribution in [1.82, 2.24) is 0 Å². The van der Waals surface area contributed by atoms with Gasteiger partial charge < -0.3 is 4.74 Å². The van der Waals surface area contributed by atoms with Gasteiger partial charge in [-0.25, -0.2) is 0 Å². The summed E-state index contributed by atoms with van der Waals surface area (Å²) in [7, 11) is 0. The van der Waals surface area contributed by atoms with Gasteiger partial charge in [0.25, 0.3) is 0 Å². The molecule has 0 spiro atoms. The second kappa shape index (κ2) is 17.5. The molecule has 0 heterocycles. The minimum Gasteiger partial charge on any atom is -0.457 e. The largest absolute Gasteiger partial charge is 0.457 e. The summed E-state index contributed by atoms with van der Waals surface area (Å²) in [5.74, 6) is 1.60. The van der Waals surface area contributed by atoms with Crippen molar-refractivity contribution in [2.75, 3.05) is 0 Å². The standard InChI is InChI=1S/C76H50O/c1-3-15-61-59(13-1)57(41-43-71(61)76-69-23-11-7-19-65(69)74(66-20-8-12-24-70(66)76)54-32-28-48-26-30-52(48)46-54)49-33-37-55(38-34-49)77-56-39-35-50(36-40-56)73-63-17-5-9-21-67(63)75(68-22-10-6-18-64(68)73)72-44-42-58(60-14-2-4-16-62(60)72)53-31-27-47-25-29-51(47)45-53/h1-24,27-28,31-46H,25-26,29-30H2. The molecule has 360 valence electrons. The van der Waals surface area contributed by atoms with Crippen LogP contribution in [0, 0.1) is 0 Å². The van der Waals surface area contributed by atoms with Gasteiger partial charge in [0.1, 0.15) is 11.5 Å². The van der Waals surface area contributed by atoms with E-state index in [1.54, 1.807) is 0 Å². The first kappa shape index (κ1) is 43.8. The summed E-state index contributed by atoms with van der Waals surface area (Å²) in [6.45, 7) is 0. The van der Waals surface area contributed by atoms with Crippen molar-refractivity contribution in [2.45, 2.75) is 25.7 Å². The maximum absolute atomic E-state index is 6.61. The van der Waals surface area contributed by atoms with E-state index < -0.39 is 0 Å². The molecular weight excluding hydrogens is 929 g/mol. The molecule has 0 atom stereocenters. The van der Waals surface area contributed by atoms with Gasteiger partial charge in [-0.3, -0.25) is 0 Å². The van der Waals surface area contributed by atoms with Gasteiger partial charge >= 0.3 is 0 Å². The van der Waals surface area contributed by atoms with Gasteiger partial charge in [-0.2, -0.15) is 0 Å². The fraction of sp³-hybridized carbons (Fsp3) is 0.0526. The Labute approximate surface area is 447 Å². The summed E-state index contributed by atoms with van der Waals surface area (Å²) >= 11 is 0. The van der Waals surface area contributed by atoms with Gasteiger partial charge in [-0.15, -0.1) is 0 Å². The van der Waals surface area contributed by atoms with Gasteiger partial charge in [0.05, 0.1) is 0 Å². The van der Waals surface area contributed by atoms with Gasteiger partial charge in [0.15, 0.2) is 0 Å². The number of hydrogen-bond donors (Lipinski definition) is 0. The Morgan fingerprint density at radius 1 is 0.195 bits per heavy atom. The molecule has 14 aromatic carbocycles. The Hall–Kier alpha value is -9.56. The Bertz CT molecular complexity index is 4640. The summed E-state index contributed by atoms with van der Waals surface area (Å²) in [5.41, 5.74) is 21.0. The molecule has 14 aromatic rings. The van der Waals surface area contributed by atoms with Gasteiger partial charge in [0.2, 0.25) is 0 Å². The molecule has 2 aliphatic rings. The number of aryl methyl sites for hydroxylation is 4. The van der Waals surface area contributed by atoms with Crippen LogP contribution in [-0.2, 0) is 25.7 Å². The fourth-order valence-corrected chi connectivity index (χ4v) is 13.2.